The molecule has 1 aliphatic rings. The lowest BCUT2D eigenvalue weighted by Gasteiger charge is -2.25. The Kier molecular flexibility index (Phi) is 4.86. The number of nitrogens with zero attached hydrogens (tertiary/aromatic N) is 2. The smallest absolute Gasteiger partial charge is 0.257 e. The van der Waals surface area contributed by atoms with Crippen LogP contribution in [0.1, 0.15) is 37.0 Å². The second kappa shape index (κ2) is 6.89. The molecule has 1 aromatic heterocycles. The van der Waals surface area contributed by atoms with Crippen LogP contribution in [0.2, 0.25) is 5.02 Å². The highest BCUT2D eigenvalue weighted by Crippen LogP contribution is 2.34. The Labute approximate surface area is 148 Å². The van der Waals surface area contributed by atoms with E-state index in [1.807, 2.05) is 40.1 Å². The van der Waals surface area contributed by atoms with Crippen LogP contribution in [0.5, 0.6) is 5.75 Å². The van der Waals surface area contributed by atoms with Gasteiger partial charge in [0.05, 0.1) is 23.4 Å². The average Bonchev–Trinajstić information content (AvgIpc) is 3.25. The minimum atomic E-state index is 0.00371. The molecule has 1 aliphatic carbocycles. The highest BCUT2D eigenvalue weighted by Gasteiger charge is 2.34. The van der Waals surface area contributed by atoms with Crippen molar-refractivity contribution < 1.29 is 9.53 Å². The molecule has 3 rings (SSSR count). The molecule has 0 saturated heterocycles. The first-order chi connectivity index (χ1) is 11.5. The number of amides is 1. The summed E-state index contributed by atoms with van der Waals surface area (Å²) in [5.74, 6) is 0.988. The zero-order valence-corrected chi connectivity index (χ0v) is 15.1. The second-order valence-electron chi connectivity index (χ2n) is 6.68. The highest BCUT2D eigenvalue weighted by molar-refractivity contribution is 6.33. The van der Waals surface area contributed by atoms with E-state index in [4.69, 9.17) is 16.3 Å². The molecule has 1 aromatic carbocycles. The van der Waals surface area contributed by atoms with E-state index in [2.05, 4.69) is 13.8 Å². The molecule has 1 saturated carbocycles. The number of rotatable bonds is 6. The molecule has 0 bridgehead atoms. The molecular formula is C19H23ClN2O2. The normalized spacial score (nSPS) is 14.0. The molecular weight excluding hydrogens is 324 g/mol. The third-order valence-corrected chi connectivity index (χ3v) is 4.50. The largest absolute Gasteiger partial charge is 0.496 e. The fourth-order valence-electron chi connectivity index (χ4n) is 2.90. The quantitative estimate of drug-likeness (QED) is 0.777. The molecule has 2 aromatic rings. The summed E-state index contributed by atoms with van der Waals surface area (Å²) >= 11 is 6.45. The molecule has 0 aliphatic heterocycles. The van der Waals surface area contributed by atoms with Crippen molar-refractivity contribution in [3.05, 3.63) is 47.2 Å². The first kappa shape index (κ1) is 16.9. The third-order valence-electron chi connectivity index (χ3n) is 4.19. The van der Waals surface area contributed by atoms with Crippen molar-refractivity contribution in [3.63, 3.8) is 0 Å². The Bertz CT molecular complexity index is 721. The molecule has 4 nitrogen and oxygen atoms in total. The third kappa shape index (κ3) is 3.44. The van der Waals surface area contributed by atoms with Crippen molar-refractivity contribution in [1.82, 2.24) is 9.47 Å². The van der Waals surface area contributed by atoms with E-state index in [9.17, 15) is 4.79 Å². The molecule has 1 amide bonds. The predicted molar refractivity (Wildman–Crippen MR) is 96.2 cm³/mol. The minimum Gasteiger partial charge on any atom is -0.496 e. The molecule has 1 fully saturated rings. The lowest BCUT2D eigenvalue weighted by atomic mass is 10.1. The average molecular weight is 347 g/mol. The molecule has 24 heavy (non-hydrogen) atoms. The number of methoxy groups -OCH3 is 1. The van der Waals surface area contributed by atoms with E-state index in [1.165, 1.54) is 0 Å². The van der Waals surface area contributed by atoms with E-state index in [0.29, 0.717) is 28.3 Å². The molecule has 5 heteroatoms. The maximum absolute atomic E-state index is 13.1. The molecule has 0 atom stereocenters. The molecule has 0 unspecified atom stereocenters. The van der Waals surface area contributed by atoms with Gasteiger partial charge in [-0.1, -0.05) is 25.4 Å². The van der Waals surface area contributed by atoms with Gasteiger partial charge in [0.2, 0.25) is 0 Å². The predicted octanol–water partition coefficient (Wildman–Crippen LogP) is 4.40. The van der Waals surface area contributed by atoms with Crippen LogP contribution in [0.15, 0.2) is 36.7 Å². The maximum atomic E-state index is 13.1. The molecule has 0 radical (unpaired) electrons. The van der Waals surface area contributed by atoms with E-state index >= 15 is 0 Å². The maximum Gasteiger partial charge on any atom is 0.257 e. The zero-order valence-electron chi connectivity index (χ0n) is 14.3. The van der Waals surface area contributed by atoms with Crippen LogP contribution in [0, 0.1) is 5.92 Å². The molecule has 0 N–H and O–H groups in total. The van der Waals surface area contributed by atoms with Crippen LogP contribution in [-0.4, -0.2) is 35.1 Å². The summed E-state index contributed by atoms with van der Waals surface area (Å²) in [6.07, 6.45) is 5.99. The van der Waals surface area contributed by atoms with Gasteiger partial charge in [-0.25, -0.2) is 0 Å². The van der Waals surface area contributed by atoms with Gasteiger partial charge in [-0.05, 0) is 37.0 Å². The van der Waals surface area contributed by atoms with Gasteiger partial charge in [0.25, 0.3) is 5.91 Å². The zero-order chi connectivity index (χ0) is 17.3. The van der Waals surface area contributed by atoms with Gasteiger partial charge < -0.3 is 14.2 Å². The van der Waals surface area contributed by atoms with Crippen LogP contribution in [0.3, 0.4) is 0 Å². The van der Waals surface area contributed by atoms with E-state index in [0.717, 1.165) is 25.1 Å². The van der Waals surface area contributed by atoms with E-state index in [1.54, 1.807) is 13.2 Å². The number of carbonyl (C=O) groups is 1. The Hall–Kier alpha value is -1.94. The van der Waals surface area contributed by atoms with Crippen LogP contribution in [0.25, 0.3) is 5.69 Å². The summed E-state index contributed by atoms with van der Waals surface area (Å²) in [6, 6.07) is 7.77. The monoisotopic (exact) mass is 346 g/mol. The first-order valence-corrected chi connectivity index (χ1v) is 8.71. The van der Waals surface area contributed by atoms with Crippen LogP contribution in [0.4, 0.5) is 0 Å². The number of benzene rings is 1. The number of halogens is 1. The van der Waals surface area contributed by atoms with E-state index in [-0.39, 0.29) is 5.91 Å². The fourth-order valence-corrected chi connectivity index (χ4v) is 3.17. The van der Waals surface area contributed by atoms with Crippen molar-refractivity contribution in [3.8, 4) is 11.4 Å². The van der Waals surface area contributed by atoms with Crippen molar-refractivity contribution in [2.75, 3.05) is 13.7 Å². The van der Waals surface area contributed by atoms with Gasteiger partial charge in [-0.3, -0.25) is 4.79 Å². The fraction of sp³-hybridized carbons (Fsp3) is 0.421. The van der Waals surface area contributed by atoms with Gasteiger partial charge in [0.15, 0.2) is 0 Å². The van der Waals surface area contributed by atoms with E-state index < -0.39 is 0 Å². The van der Waals surface area contributed by atoms with Crippen molar-refractivity contribution in [2.45, 2.75) is 32.7 Å². The van der Waals surface area contributed by atoms with Gasteiger partial charge in [0, 0.05) is 31.0 Å². The Morgan fingerprint density at radius 1 is 1.33 bits per heavy atom. The Morgan fingerprint density at radius 3 is 2.54 bits per heavy atom. The Balaban J connectivity index is 1.97. The standard InChI is InChI=1S/C19H23ClN2O2/c1-13(2)12-22(14-6-7-14)19(23)15-10-16(20)17(11-18(15)24-3)21-8-4-5-9-21/h4-5,8-11,13-14H,6-7,12H2,1-3H3. The summed E-state index contributed by atoms with van der Waals surface area (Å²) in [4.78, 5) is 15.0. The van der Waals surface area contributed by atoms with Crippen molar-refractivity contribution in [2.24, 2.45) is 5.92 Å². The summed E-state index contributed by atoms with van der Waals surface area (Å²) in [6.45, 7) is 5.01. The van der Waals surface area contributed by atoms with Gasteiger partial charge in [-0.15, -0.1) is 0 Å². The lowest BCUT2D eigenvalue weighted by Crippen LogP contribution is -2.36. The molecule has 0 spiro atoms. The van der Waals surface area contributed by atoms with Crippen LogP contribution < -0.4 is 4.74 Å². The van der Waals surface area contributed by atoms with Crippen molar-refractivity contribution >= 4 is 17.5 Å². The number of ether oxygens (including phenoxy) is 1. The van der Waals surface area contributed by atoms with Gasteiger partial charge in [0.1, 0.15) is 5.75 Å². The van der Waals surface area contributed by atoms with Crippen LogP contribution in [-0.2, 0) is 0 Å². The number of hydrogen-bond donors (Lipinski definition) is 0. The number of aromatic nitrogens is 1. The minimum absolute atomic E-state index is 0.00371. The SMILES string of the molecule is COc1cc(-n2cccc2)c(Cl)cc1C(=O)N(CC(C)C)C1CC1. The lowest BCUT2D eigenvalue weighted by molar-refractivity contribution is 0.0719. The topological polar surface area (TPSA) is 34.5 Å². The summed E-state index contributed by atoms with van der Waals surface area (Å²) in [5, 5.41) is 0.538. The first-order valence-electron chi connectivity index (χ1n) is 8.33. The number of hydrogen-bond acceptors (Lipinski definition) is 2. The number of carbonyl (C=O) groups excluding carboxylic acids is 1. The highest BCUT2D eigenvalue weighted by atomic mass is 35.5. The summed E-state index contributed by atoms with van der Waals surface area (Å²) in [5.41, 5.74) is 1.34. The Morgan fingerprint density at radius 2 is 2.00 bits per heavy atom. The van der Waals surface area contributed by atoms with Gasteiger partial charge in [-0.2, -0.15) is 0 Å². The molecule has 128 valence electrons. The summed E-state index contributed by atoms with van der Waals surface area (Å²) in [7, 11) is 1.59. The van der Waals surface area contributed by atoms with Crippen LogP contribution >= 0.6 is 11.6 Å². The summed E-state index contributed by atoms with van der Waals surface area (Å²) < 4.78 is 7.40. The van der Waals surface area contributed by atoms with Gasteiger partial charge >= 0.3 is 0 Å². The second-order valence-corrected chi connectivity index (χ2v) is 7.08. The molecule has 1 heterocycles. The van der Waals surface area contributed by atoms with Crippen molar-refractivity contribution in [1.29, 1.82) is 0 Å².